The molecule has 0 fully saturated rings. The molecule has 58 heavy (non-hydrogen) atoms. The van der Waals surface area contributed by atoms with Gasteiger partial charge in [-0.25, -0.2) is 15.0 Å². The molecule has 268 valence electrons. The number of hydrogen-bond acceptors (Lipinski definition) is 6. The number of hydrogen-bond donors (Lipinski definition) is 0. The molecule has 12 aromatic rings. The molecule has 0 aliphatic carbocycles. The van der Waals surface area contributed by atoms with Gasteiger partial charge in [-0.3, -0.25) is 15.0 Å². The highest BCUT2D eigenvalue weighted by atomic mass is 14.8. The molecule has 6 nitrogen and oxygen atoms in total. The Morgan fingerprint density at radius 2 is 0.741 bits per heavy atom. The molecule has 0 unspecified atom stereocenters. The van der Waals surface area contributed by atoms with Crippen LogP contribution in [0, 0.1) is 0 Å². The maximum absolute atomic E-state index is 5.18. The van der Waals surface area contributed by atoms with E-state index in [1.165, 1.54) is 0 Å². The number of benzene rings is 6. The first kappa shape index (κ1) is 32.3. The van der Waals surface area contributed by atoms with Crippen molar-refractivity contribution in [2.75, 3.05) is 0 Å². The van der Waals surface area contributed by atoms with Crippen LogP contribution in [0.15, 0.2) is 182 Å². The Labute approximate surface area is 332 Å². The van der Waals surface area contributed by atoms with E-state index in [9.17, 15) is 0 Å². The highest BCUT2D eigenvalue weighted by Gasteiger charge is 2.13. The average Bonchev–Trinajstić information content (AvgIpc) is 3.30. The van der Waals surface area contributed by atoms with Crippen molar-refractivity contribution in [1.29, 1.82) is 0 Å². The first-order chi connectivity index (χ1) is 28.7. The van der Waals surface area contributed by atoms with Gasteiger partial charge in [-0.05, 0) is 82.6 Å². The van der Waals surface area contributed by atoms with Crippen molar-refractivity contribution in [3.05, 3.63) is 182 Å². The summed E-state index contributed by atoms with van der Waals surface area (Å²) in [5.41, 5.74) is 13.6. The lowest BCUT2D eigenvalue weighted by Gasteiger charge is -2.10. The second kappa shape index (κ2) is 12.8. The first-order valence-corrected chi connectivity index (χ1v) is 19.3. The number of fused-ring (bicyclic) bond motifs is 9. The highest BCUT2D eigenvalue weighted by Crippen LogP contribution is 2.34. The van der Waals surface area contributed by atoms with Crippen molar-refractivity contribution in [2.24, 2.45) is 0 Å². The predicted molar refractivity (Wildman–Crippen MR) is 237 cm³/mol. The van der Waals surface area contributed by atoms with Gasteiger partial charge in [-0.2, -0.15) is 0 Å². The monoisotopic (exact) mass is 738 g/mol. The number of nitrogens with zero attached hydrogens (tertiary/aromatic N) is 6. The summed E-state index contributed by atoms with van der Waals surface area (Å²) in [6, 6.07) is 57.4. The molecule has 0 saturated heterocycles. The van der Waals surface area contributed by atoms with E-state index in [0.717, 1.165) is 121 Å². The summed E-state index contributed by atoms with van der Waals surface area (Å²) in [7, 11) is 0. The molecule has 0 amide bonds. The molecule has 6 aromatic carbocycles. The van der Waals surface area contributed by atoms with Gasteiger partial charge in [-0.15, -0.1) is 0 Å². The van der Waals surface area contributed by atoms with Gasteiger partial charge in [0, 0.05) is 67.6 Å². The Hall–Kier alpha value is -7.96. The van der Waals surface area contributed by atoms with Crippen LogP contribution in [0.2, 0.25) is 0 Å². The third-order valence-corrected chi connectivity index (χ3v) is 11.3. The van der Waals surface area contributed by atoms with Crippen LogP contribution in [0.5, 0.6) is 0 Å². The summed E-state index contributed by atoms with van der Waals surface area (Å²) in [4.78, 5) is 29.4. The minimum atomic E-state index is 0.883. The van der Waals surface area contributed by atoms with Crippen molar-refractivity contribution < 1.29 is 0 Å². The molecule has 0 saturated carbocycles. The maximum atomic E-state index is 5.18. The van der Waals surface area contributed by atoms with Gasteiger partial charge in [-0.1, -0.05) is 103 Å². The van der Waals surface area contributed by atoms with Crippen molar-refractivity contribution in [2.45, 2.75) is 0 Å². The molecule has 0 radical (unpaired) electrons. The van der Waals surface area contributed by atoms with Crippen molar-refractivity contribution in [3.63, 3.8) is 0 Å². The zero-order valence-corrected chi connectivity index (χ0v) is 31.0. The Bertz CT molecular complexity index is 3650. The van der Waals surface area contributed by atoms with Gasteiger partial charge in [0.25, 0.3) is 0 Å². The van der Waals surface area contributed by atoms with Crippen LogP contribution in [-0.2, 0) is 0 Å². The number of rotatable bonds is 4. The molecule has 0 atom stereocenters. The summed E-state index contributed by atoms with van der Waals surface area (Å²) in [6.45, 7) is 0. The SMILES string of the molecule is c1cnc2c(c1)ccc1ccc(-c3ccc4cc(-c5ccc6ccc(-c7ccc8ccc(-c9ccnc%10c9ccc9cccnc9%10)nc8c7)cc6n5)ccc4c3)nc12. The van der Waals surface area contributed by atoms with Crippen molar-refractivity contribution in [3.8, 4) is 44.9 Å². The standard InChI is InChI=1S/C52H30N6/c1-3-33-7-8-35-18-21-45(58-51(35)49(33)53-24-1)41-14-12-36-27-40(13-11-37(36)28-41)44-20-16-31-5-9-38(29-47(31)56-44)39-10-6-32-17-22-46(57-48(32)30-39)42-23-26-55-52-43(42)19-15-34-4-2-25-54-50(34)52/h1-30H. The van der Waals surface area contributed by atoms with E-state index >= 15 is 0 Å². The van der Waals surface area contributed by atoms with E-state index in [1.54, 1.807) is 0 Å². The minimum Gasteiger partial charge on any atom is -0.254 e. The second-order valence-corrected chi connectivity index (χ2v) is 14.8. The molecular formula is C52H30N6. The van der Waals surface area contributed by atoms with Gasteiger partial charge in [0.05, 0.1) is 50.2 Å². The fraction of sp³-hybridized carbons (Fsp3) is 0. The molecule has 6 aromatic heterocycles. The third kappa shape index (κ3) is 5.34. The summed E-state index contributed by atoms with van der Waals surface area (Å²) < 4.78 is 0. The van der Waals surface area contributed by atoms with Gasteiger partial charge >= 0.3 is 0 Å². The summed E-state index contributed by atoms with van der Waals surface area (Å²) in [5, 5.41) is 8.76. The van der Waals surface area contributed by atoms with Gasteiger partial charge in [0.1, 0.15) is 0 Å². The smallest absolute Gasteiger partial charge is 0.0972 e. The molecule has 6 heteroatoms. The van der Waals surface area contributed by atoms with Gasteiger partial charge in [0.2, 0.25) is 0 Å². The topological polar surface area (TPSA) is 77.3 Å². The zero-order chi connectivity index (χ0) is 38.2. The Kier molecular flexibility index (Phi) is 7.13. The molecule has 6 heterocycles. The molecule has 0 spiro atoms. The molecule has 0 aliphatic heterocycles. The largest absolute Gasteiger partial charge is 0.254 e. The van der Waals surface area contributed by atoms with E-state index in [2.05, 4.69) is 156 Å². The number of pyridine rings is 6. The number of aromatic nitrogens is 6. The first-order valence-electron chi connectivity index (χ1n) is 19.3. The van der Waals surface area contributed by atoms with Crippen LogP contribution in [0.3, 0.4) is 0 Å². The van der Waals surface area contributed by atoms with E-state index < -0.39 is 0 Å². The molecular weight excluding hydrogens is 709 g/mol. The molecule has 0 N–H and O–H groups in total. The fourth-order valence-corrected chi connectivity index (χ4v) is 8.33. The maximum Gasteiger partial charge on any atom is 0.0972 e. The average molecular weight is 739 g/mol. The van der Waals surface area contributed by atoms with Crippen LogP contribution in [-0.4, -0.2) is 29.9 Å². The van der Waals surface area contributed by atoms with Crippen LogP contribution >= 0.6 is 0 Å². The van der Waals surface area contributed by atoms with E-state index in [-0.39, 0.29) is 0 Å². The zero-order valence-electron chi connectivity index (χ0n) is 31.0. The third-order valence-electron chi connectivity index (χ3n) is 11.3. The van der Waals surface area contributed by atoms with Crippen LogP contribution in [0.1, 0.15) is 0 Å². The Balaban J connectivity index is 0.869. The normalized spacial score (nSPS) is 11.8. The van der Waals surface area contributed by atoms with Gasteiger partial charge < -0.3 is 0 Å². The quantitative estimate of drug-likeness (QED) is 0.167. The fourth-order valence-electron chi connectivity index (χ4n) is 8.33. The molecule has 0 bridgehead atoms. The van der Waals surface area contributed by atoms with Crippen LogP contribution in [0.25, 0.3) is 121 Å². The van der Waals surface area contributed by atoms with Crippen molar-refractivity contribution in [1.82, 2.24) is 29.9 Å². The Morgan fingerprint density at radius 1 is 0.276 bits per heavy atom. The van der Waals surface area contributed by atoms with Crippen LogP contribution in [0.4, 0.5) is 0 Å². The Morgan fingerprint density at radius 3 is 1.41 bits per heavy atom. The summed E-state index contributed by atoms with van der Waals surface area (Å²) >= 11 is 0. The predicted octanol–water partition coefficient (Wildman–Crippen LogP) is 12.8. The van der Waals surface area contributed by atoms with E-state index in [0.29, 0.717) is 0 Å². The van der Waals surface area contributed by atoms with Crippen LogP contribution < -0.4 is 0 Å². The van der Waals surface area contributed by atoms with Crippen molar-refractivity contribution >= 4 is 76.2 Å². The minimum absolute atomic E-state index is 0.883. The molecule has 12 rings (SSSR count). The summed E-state index contributed by atoms with van der Waals surface area (Å²) in [6.07, 6.45) is 5.50. The van der Waals surface area contributed by atoms with Gasteiger partial charge in [0.15, 0.2) is 0 Å². The lowest BCUT2D eigenvalue weighted by Crippen LogP contribution is -1.91. The van der Waals surface area contributed by atoms with E-state index in [1.807, 2.05) is 36.8 Å². The highest BCUT2D eigenvalue weighted by molar-refractivity contribution is 6.08. The lowest BCUT2D eigenvalue weighted by molar-refractivity contribution is 1.36. The summed E-state index contributed by atoms with van der Waals surface area (Å²) in [5.74, 6) is 0. The molecule has 0 aliphatic rings. The van der Waals surface area contributed by atoms with E-state index in [4.69, 9.17) is 19.9 Å². The lowest BCUT2D eigenvalue weighted by atomic mass is 9.99. The second-order valence-electron chi connectivity index (χ2n) is 14.8.